The molecule has 0 spiro atoms. The third kappa shape index (κ3) is 4.03. The second kappa shape index (κ2) is 6.51. The highest BCUT2D eigenvalue weighted by molar-refractivity contribution is 9.10. The van der Waals surface area contributed by atoms with Gasteiger partial charge in [-0.05, 0) is 41.8 Å². The van der Waals surface area contributed by atoms with Gasteiger partial charge >= 0.3 is 0 Å². The van der Waals surface area contributed by atoms with Crippen molar-refractivity contribution in [2.24, 2.45) is 0 Å². The Hall–Kier alpha value is -0.900. The van der Waals surface area contributed by atoms with Crippen LogP contribution in [0, 0.1) is 12.7 Å². The van der Waals surface area contributed by atoms with Gasteiger partial charge in [0, 0.05) is 22.6 Å². The molecule has 0 aromatic heterocycles. The normalized spacial score (nSPS) is 10.7. The first-order chi connectivity index (χ1) is 9.06. The Bertz CT molecular complexity index is 586. The highest BCUT2D eigenvalue weighted by atomic mass is 79.9. The molecule has 100 valence electrons. The molecule has 0 fully saturated rings. The van der Waals surface area contributed by atoms with Crippen molar-refractivity contribution in [3.8, 4) is 0 Å². The molecule has 0 bridgehead atoms. The standard InChI is InChI=1S/C15H14BrClFN/c1-10-2-3-11(6-15(10)18)8-19-9-12-4-5-13(17)7-14(12)16/h2-7,19H,8-9H2,1H3. The van der Waals surface area contributed by atoms with Gasteiger partial charge in [0.2, 0.25) is 0 Å². The van der Waals surface area contributed by atoms with E-state index >= 15 is 0 Å². The van der Waals surface area contributed by atoms with Gasteiger partial charge in [-0.3, -0.25) is 0 Å². The number of aryl methyl sites for hydroxylation is 1. The van der Waals surface area contributed by atoms with E-state index in [0.717, 1.165) is 15.6 Å². The van der Waals surface area contributed by atoms with E-state index in [4.69, 9.17) is 11.6 Å². The fourth-order valence-electron chi connectivity index (χ4n) is 1.75. The largest absolute Gasteiger partial charge is 0.309 e. The summed E-state index contributed by atoms with van der Waals surface area (Å²) >= 11 is 9.36. The van der Waals surface area contributed by atoms with E-state index in [1.54, 1.807) is 19.1 Å². The van der Waals surface area contributed by atoms with Crippen LogP contribution in [0.2, 0.25) is 5.02 Å². The molecule has 1 N–H and O–H groups in total. The summed E-state index contributed by atoms with van der Waals surface area (Å²) in [6, 6.07) is 11.0. The average molecular weight is 343 g/mol. The lowest BCUT2D eigenvalue weighted by Gasteiger charge is -2.08. The van der Waals surface area contributed by atoms with Crippen LogP contribution in [0.3, 0.4) is 0 Å². The number of benzene rings is 2. The predicted octanol–water partition coefficient (Wildman–Crippen LogP) is 4.84. The van der Waals surface area contributed by atoms with E-state index in [0.29, 0.717) is 23.7 Å². The summed E-state index contributed by atoms with van der Waals surface area (Å²) < 4.78 is 14.4. The Balaban J connectivity index is 1.94. The van der Waals surface area contributed by atoms with Gasteiger partial charge in [0.25, 0.3) is 0 Å². The van der Waals surface area contributed by atoms with Crippen LogP contribution in [0.1, 0.15) is 16.7 Å². The van der Waals surface area contributed by atoms with E-state index < -0.39 is 0 Å². The van der Waals surface area contributed by atoms with Crippen LogP contribution in [0.25, 0.3) is 0 Å². The van der Waals surface area contributed by atoms with Crippen LogP contribution in [0.5, 0.6) is 0 Å². The van der Waals surface area contributed by atoms with Gasteiger partial charge in [-0.2, -0.15) is 0 Å². The van der Waals surface area contributed by atoms with Gasteiger partial charge < -0.3 is 5.32 Å². The van der Waals surface area contributed by atoms with Gasteiger partial charge in [0.1, 0.15) is 5.82 Å². The lowest BCUT2D eigenvalue weighted by molar-refractivity contribution is 0.611. The van der Waals surface area contributed by atoms with Crippen molar-refractivity contribution in [1.29, 1.82) is 0 Å². The summed E-state index contributed by atoms with van der Waals surface area (Å²) in [5, 5.41) is 3.99. The van der Waals surface area contributed by atoms with E-state index in [-0.39, 0.29) is 5.82 Å². The van der Waals surface area contributed by atoms with Crippen molar-refractivity contribution < 1.29 is 4.39 Å². The lowest BCUT2D eigenvalue weighted by Crippen LogP contribution is -2.13. The van der Waals surface area contributed by atoms with Crippen molar-refractivity contribution >= 4 is 27.5 Å². The van der Waals surface area contributed by atoms with Crippen molar-refractivity contribution in [1.82, 2.24) is 5.32 Å². The third-order valence-corrected chi connectivity index (χ3v) is 3.87. The highest BCUT2D eigenvalue weighted by Gasteiger charge is 2.02. The molecule has 19 heavy (non-hydrogen) atoms. The molecule has 1 nitrogen and oxygen atoms in total. The van der Waals surface area contributed by atoms with Crippen LogP contribution in [0.4, 0.5) is 4.39 Å². The summed E-state index contributed by atoms with van der Waals surface area (Å²) in [6.07, 6.45) is 0. The van der Waals surface area contributed by atoms with Crippen LogP contribution in [0.15, 0.2) is 40.9 Å². The van der Waals surface area contributed by atoms with Gasteiger partial charge in [0.15, 0.2) is 0 Å². The van der Waals surface area contributed by atoms with Gasteiger partial charge in [0.05, 0.1) is 0 Å². The van der Waals surface area contributed by atoms with Gasteiger partial charge in [-0.25, -0.2) is 4.39 Å². The van der Waals surface area contributed by atoms with Crippen molar-refractivity contribution in [2.75, 3.05) is 0 Å². The number of halogens is 3. The molecule has 0 aliphatic rings. The fourth-order valence-corrected chi connectivity index (χ4v) is 2.58. The third-order valence-electron chi connectivity index (χ3n) is 2.90. The Morgan fingerprint density at radius 3 is 2.63 bits per heavy atom. The van der Waals surface area contributed by atoms with E-state index in [1.165, 1.54) is 0 Å². The second-order valence-corrected chi connectivity index (χ2v) is 5.71. The smallest absolute Gasteiger partial charge is 0.126 e. The second-order valence-electron chi connectivity index (χ2n) is 4.42. The van der Waals surface area contributed by atoms with Gasteiger partial charge in [-0.15, -0.1) is 0 Å². The van der Waals surface area contributed by atoms with E-state index in [2.05, 4.69) is 21.2 Å². The first kappa shape index (κ1) is 14.5. The van der Waals surface area contributed by atoms with Crippen LogP contribution in [-0.2, 0) is 13.1 Å². The summed E-state index contributed by atoms with van der Waals surface area (Å²) in [5.74, 6) is -0.160. The number of nitrogens with one attached hydrogen (secondary N) is 1. The number of hydrogen-bond acceptors (Lipinski definition) is 1. The highest BCUT2D eigenvalue weighted by Crippen LogP contribution is 2.21. The molecule has 0 unspecified atom stereocenters. The fraction of sp³-hybridized carbons (Fsp3) is 0.200. The van der Waals surface area contributed by atoms with Crippen LogP contribution >= 0.6 is 27.5 Å². The summed E-state index contributed by atoms with van der Waals surface area (Å²) in [5.41, 5.74) is 2.73. The van der Waals surface area contributed by atoms with E-state index in [1.807, 2.05) is 24.3 Å². The zero-order chi connectivity index (χ0) is 13.8. The Morgan fingerprint density at radius 2 is 1.95 bits per heavy atom. The lowest BCUT2D eigenvalue weighted by atomic mass is 10.1. The molecule has 0 saturated carbocycles. The Labute approximate surface area is 125 Å². The predicted molar refractivity (Wildman–Crippen MR) is 80.8 cm³/mol. The minimum absolute atomic E-state index is 0.160. The first-order valence-electron chi connectivity index (χ1n) is 5.96. The van der Waals surface area contributed by atoms with Crippen molar-refractivity contribution in [3.05, 3.63) is 68.4 Å². The van der Waals surface area contributed by atoms with Crippen LogP contribution < -0.4 is 5.32 Å². The topological polar surface area (TPSA) is 12.0 Å². The van der Waals surface area contributed by atoms with Crippen molar-refractivity contribution in [3.63, 3.8) is 0 Å². The number of hydrogen-bond donors (Lipinski definition) is 1. The monoisotopic (exact) mass is 341 g/mol. The maximum atomic E-state index is 13.4. The molecule has 0 radical (unpaired) electrons. The number of rotatable bonds is 4. The average Bonchev–Trinajstić information content (AvgIpc) is 2.36. The Morgan fingerprint density at radius 1 is 1.16 bits per heavy atom. The minimum Gasteiger partial charge on any atom is -0.309 e. The molecule has 4 heteroatoms. The first-order valence-corrected chi connectivity index (χ1v) is 7.13. The maximum absolute atomic E-state index is 13.4. The molecule has 0 heterocycles. The van der Waals surface area contributed by atoms with E-state index in [9.17, 15) is 4.39 Å². The molecule has 2 aromatic rings. The zero-order valence-corrected chi connectivity index (χ0v) is 12.9. The molecule has 0 atom stereocenters. The molecular weight excluding hydrogens is 329 g/mol. The molecule has 0 aliphatic carbocycles. The Kier molecular flexibility index (Phi) is 4.97. The maximum Gasteiger partial charge on any atom is 0.126 e. The summed E-state index contributed by atoms with van der Waals surface area (Å²) in [4.78, 5) is 0. The van der Waals surface area contributed by atoms with Crippen molar-refractivity contribution in [2.45, 2.75) is 20.0 Å². The zero-order valence-electron chi connectivity index (χ0n) is 10.5. The summed E-state index contributed by atoms with van der Waals surface area (Å²) in [7, 11) is 0. The molecular formula is C15H14BrClFN. The molecule has 0 amide bonds. The SMILES string of the molecule is Cc1ccc(CNCc2ccc(Cl)cc2Br)cc1F. The molecule has 0 aliphatic heterocycles. The molecule has 0 saturated heterocycles. The minimum atomic E-state index is -0.160. The van der Waals surface area contributed by atoms with Crippen LogP contribution in [-0.4, -0.2) is 0 Å². The summed E-state index contributed by atoms with van der Waals surface area (Å²) in [6.45, 7) is 3.09. The quantitative estimate of drug-likeness (QED) is 0.838. The molecule has 2 rings (SSSR count). The molecule has 2 aromatic carbocycles. The van der Waals surface area contributed by atoms with Gasteiger partial charge in [-0.1, -0.05) is 45.7 Å².